The molecule has 13 heavy (non-hydrogen) atoms. The van der Waals surface area contributed by atoms with Crippen molar-refractivity contribution in [3.63, 3.8) is 0 Å². The Hall–Kier alpha value is -0.430. The molecule has 0 unspecified atom stereocenters. The first-order valence-corrected chi connectivity index (χ1v) is 5.37. The van der Waals surface area contributed by atoms with Gasteiger partial charge in [0.2, 0.25) is 0 Å². The second-order valence-corrected chi connectivity index (χ2v) is 3.97. The van der Waals surface area contributed by atoms with Gasteiger partial charge in [0.1, 0.15) is 0 Å². The van der Waals surface area contributed by atoms with Gasteiger partial charge in [0.05, 0.1) is 0 Å². The molecule has 1 aromatic carbocycles. The molecule has 0 aromatic heterocycles. The lowest BCUT2D eigenvalue weighted by Crippen LogP contribution is -1.97. The summed E-state index contributed by atoms with van der Waals surface area (Å²) in [4.78, 5) is 1.21. The third kappa shape index (κ3) is 1.91. The maximum Gasteiger partial charge on any atom is 0.0109 e. The van der Waals surface area contributed by atoms with Gasteiger partial charge in [-0.3, -0.25) is 0 Å². The Kier molecular flexibility index (Phi) is 3.43. The average Bonchev–Trinajstić information content (AvgIpc) is 2.04. The molecular weight excluding hydrogens is 176 g/mol. The lowest BCUT2D eigenvalue weighted by atomic mass is 9.97. The maximum absolute atomic E-state index is 4.61. The van der Waals surface area contributed by atoms with Gasteiger partial charge in [-0.2, -0.15) is 0 Å². The minimum atomic E-state index is 1.08. The molecule has 0 N–H and O–H groups in total. The maximum atomic E-state index is 4.61. The van der Waals surface area contributed by atoms with E-state index in [1.54, 1.807) is 0 Å². The van der Waals surface area contributed by atoms with Crippen LogP contribution in [-0.4, -0.2) is 0 Å². The highest BCUT2D eigenvalue weighted by atomic mass is 32.1. The largest absolute Gasteiger partial charge is 0.143 e. The first-order chi connectivity index (χ1) is 6.11. The molecule has 0 saturated carbocycles. The smallest absolute Gasteiger partial charge is 0.0109 e. The molecule has 1 heteroatoms. The van der Waals surface area contributed by atoms with Crippen molar-refractivity contribution in [1.82, 2.24) is 0 Å². The molecular formula is C12H18S. The molecule has 0 aliphatic carbocycles. The van der Waals surface area contributed by atoms with Gasteiger partial charge in [-0.25, -0.2) is 0 Å². The van der Waals surface area contributed by atoms with Crippen LogP contribution in [0.4, 0.5) is 0 Å². The predicted molar refractivity (Wildman–Crippen MR) is 61.9 cm³/mol. The molecule has 0 bridgehead atoms. The minimum Gasteiger partial charge on any atom is -0.143 e. The molecule has 0 atom stereocenters. The van der Waals surface area contributed by atoms with Crippen LogP contribution in [-0.2, 0) is 12.8 Å². The summed E-state index contributed by atoms with van der Waals surface area (Å²) in [5, 5.41) is 0. The quantitative estimate of drug-likeness (QED) is 0.682. The highest BCUT2D eigenvalue weighted by Gasteiger charge is 2.08. The topological polar surface area (TPSA) is 0 Å². The Morgan fingerprint density at radius 3 is 1.69 bits per heavy atom. The molecule has 72 valence electrons. The zero-order chi connectivity index (χ0) is 10.0. The van der Waals surface area contributed by atoms with E-state index in [-0.39, 0.29) is 0 Å². The summed E-state index contributed by atoms with van der Waals surface area (Å²) in [5.41, 5.74) is 5.57. The van der Waals surface area contributed by atoms with Crippen molar-refractivity contribution in [2.45, 2.75) is 45.4 Å². The fraction of sp³-hybridized carbons (Fsp3) is 0.500. The van der Waals surface area contributed by atoms with E-state index in [0.29, 0.717) is 0 Å². The first kappa shape index (κ1) is 10.6. The minimum absolute atomic E-state index is 1.08. The molecule has 0 amide bonds. The van der Waals surface area contributed by atoms with Gasteiger partial charge in [0.25, 0.3) is 0 Å². The molecule has 0 nitrogen and oxygen atoms in total. The van der Waals surface area contributed by atoms with Crippen LogP contribution in [0.2, 0.25) is 0 Å². The van der Waals surface area contributed by atoms with Crippen molar-refractivity contribution < 1.29 is 0 Å². The van der Waals surface area contributed by atoms with Gasteiger partial charge in [0.15, 0.2) is 0 Å². The van der Waals surface area contributed by atoms with E-state index in [1.807, 2.05) is 0 Å². The van der Waals surface area contributed by atoms with E-state index >= 15 is 0 Å². The second kappa shape index (κ2) is 4.19. The van der Waals surface area contributed by atoms with E-state index < -0.39 is 0 Å². The van der Waals surface area contributed by atoms with Gasteiger partial charge in [-0.1, -0.05) is 19.9 Å². The fourth-order valence-electron chi connectivity index (χ4n) is 1.95. The van der Waals surface area contributed by atoms with E-state index in [9.17, 15) is 0 Å². The average molecular weight is 194 g/mol. The lowest BCUT2D eigenvalue weighted by molar-refractivity contribution is 0.975. The molecule has 1 rings (SSSR count). The molecule has 0 saturated heterocycles. The zero-order valence-electron chi connectivity index (χ0n) is 8.94. The van der Waals surface area contributed by atoms with Crippen molar-refractivity contribution in [3.05, 3.63) is 28.3 Å². The highest BCUT2D eigenvalue weighted by molar-refractivity contribution is 7.80. The van der Waals surface area contributed by atoms with E-state index in [0.717, 1.165) is 12.8 Å². The summed E-state index contributed by atoms with van der Waals surface area (Å²) in [6.07, 6.45) is 2.16. The third-order valence-corrected chi connectivity index (χ3v) is 3.20. The summed E-state index contributed by atoms with van der Waals surface area (Å²) in [6.45, 7) is 8.73. The molecule has 0 aliphatic rings. The van der Waals surface area contributed by atoms with E-state index in [4.69, 9.17) is 0 Å². The normalized spacial score (nSPS) is 10.5. The van der Waals surface area contributed by atoms with Crippen LogP contribution in [0, 0.1) is 13.8 Å². The van der Waals surface area contributed by atoms with Gasteiger partial charge >= 0.3 is 0 Å². The Balaban J connectivity index is 3.39. The number of hydrogen-bond donors (Lipinski definition) is 1. The van der Waals surface area contributed by atoms with Crippen LogP contribution in [0.25, 0.3) is 0 Å². The van der Waals surface area contributed by atoms with Gasteiger partial charge < -0.3 is 0 Å². The lowest BCUT2D eigenvalue weighted by Gasteiger charge is -2.14. The van der Waals surface area contributed by atoms with Crippen molar-refractivity contribution in [1.29, 1.82) is 0 Å². The number of thiol groups is 1. The highest BCUT2D eigenvalue weighted by Crippen LogP contribution is 2.26. The second-order valence-electron chi connectivity index (χ2n) is 3.52. The summed E-state index contributed by atoms with van der Waals surface area (Å²) in [6, 6.07) is 2.28. The molecule has 0 heterocycles. The SMILES string of the molecule is CCc1c(C)cc(C)c(CC)c1S. The van der Waals surface area contributed by atoms with Crippen molar-refractivity contribution in [3.8, 4) is 0 Å². The van der Waals surface area contributed by atoms with Crippen LogP contribution in [0.5, 0.6) is 0 Å². The van der Waals surface area contributed by atoms with Gasteiger partial charge in [-0.15, -0.1) is 12.6 Å². The van der Waals surface area contributed by atoms with Crippen molar-refractivity contribution in [2.24, 2.45) is 0 Å². The number of benzene rings is 1. The fourth-order valence-corrected chi connectivity index (χ4v) is 2.62. The molecule has 0 radical (unpaired) electrons. The van der Waals surface area contributed by atoms with Crippen LogP contribution in [0.1, 0.15) is 36.1 Å². The van der Waals surface area contributed by atoms with E-state index in [1.165, 1.54) is 27.1 Å². The number of rotatable bonds is 2. The number of aryl methyl sites for hydroxylation is 2. The third-order valence-electron chi connectivity index (χ3n) is 2.66. The molecule has 0 spiro atoms. The van der Waals surface area contributed by atoms with Crippen LogP contribution < -0.4 is 0 Å². The monoisotopic (exact) mass is 194 g/mol. The van der Waals surface area contributed by atoms with Crippen LogP contribution in [0.3, 0.4) is 0 Å². The van der Waals surface area contributed by atoms with Crippen molar-refractivity contribution >= 4 is 12.6 Å². The first-order valence-electron chi connectivity index (χ1n) is 4.92. The molecule has 0 fully saturated rings. The summed E-state index contributed by atoms with van der Waals surface area (Å²) in [5.74, 6) is 0. The van der Waals surface area contributed by atoms with Gasteiger partial charge in [0, 0.05) is 4.90 Å². The number of hydrogen-bond acceptors (Lipinski definition) is 1. The standard InChI is InChI=1S/C12H18S/c1-5-10-8(3)7-9(4)11(6-2)12(10)13/h7,13H,5-6H2,1-4H3. The van der Waals surface area contributed by atoms with Crippen LogP contribution >= 0.6 is 12.6 Å². The Bertz CT molecular complexity index is 285. The summed E-state index contributed by atoms with van der Waals surface area (Å²) >= 11 is 4.61. The van der Waals surface area contributed by atoms with Crippen molar-refractivity contribution in [2.75, 3.05) is 0 Å². The Labute approximate surface area is 86.8 Å². The summed E-state index contributed by atoms with van der Waals surface area (Å²) in [7, 11) is 0. The van der Waals surface area contributed by atoms with Gasteiger partial charge in [-0.05, 0) is 48.9 Å². The van der Waals surface area contributed by atoms with E-state index in [2.05, 4.69) is 46.4 Å². The summed E-state index contributed by atoms with van der Waals surface area (Å²) < 4.78 is 0. The molecule has 1 aromatic rings. The Morgan fingerprint density at radius 2 is 1.38 bits per heavy atom. The zero-order valence-corrected chi connectivity index (χ0v) is 9.83. The Morgan fingerprint density at radius 1 is 1.00 bits per heavy atom. The van der Waals surface area contributed by atoms with Crippen LogP contribution in [0.15, 0.2) is 11.0 Å². The molecule has 0 aliphatic heterocycles. The predicted octanol–water partition coefficient (Wildman–Crippen LogP) is 3.72.